The number of nitrogens with one attached hydrogen (secondary N) is 1. The number of piperidine rings is 1. The molecule has 0 aliphatic carbocycles. The molecule has 98 valence electrons. The van der Waals surface area contributed by atoms with Crippen molar-refractivity contribution in [1.29, 1.82) is 0 Å². The molecular formula is C17H25N. The molecule has 0 saturated carbocycles. The maximum absolute atomic E-state index is 3.54. The molecule has 1 heterocycles. The van der Waals surface area contributed by atoms with Gasteiger partial charge in [-0.25, -0.2) is 0 Å². The van der Waals surface area contributed by atoms with Crippen LogP contribution in [-0.2, 0) is 5.41 Å². The highest BCUT2D eigenvalue weighted by Gasteiger charge is 2.12. The third-order valence-electron chi connectivity index (χ3n) is 3.65. The Morgan fingerprint density at radius 2 is 1.83 bits per heavy atom. The van der Waals surface area contributed by atoms with Gasteiger partial charge in [-0.2, -0.15) is 0 Å². The van der Waals surface area contributed by atoms with E-state index in [-0.39, 0.29) is 5.41 Å². The first-order chi connectivity index (χ1) is 8.55. The quantitative estimate of drug-likeness (QED) is 0.823. The van der Waals surface area contributed by atoms with E-state index in [9.17, 15) is 0 Å². The Labute approximate surface area is 111 Å². The number of hydrogen-bond donors (Lipinski definition) is 1. The van der Waals surface area contributed by atoms with Gasteiger partial charge < -0.3 is 5.32 Å². The molecule has 0 spiro atoms. The zero-order valence-corrected chi connectivity index (χ0v) is 11.9. The molecule has 0 bridgehead atoms. The molecule has 0 aromatic heterocycles. The van der Waals surface area contributed by atoms with E-state index >= 15 is 0 Å². The summed E-state index contributed by atoms with van der Waals surface area (Å²) in [6.07, 6.45) is 8.51. The van der Waals surface area contributed by atoms with E-state index in [2.05, 4.69) is 62.5 Å². The van der Waals surface area contributed by atoms with Crippen molar-refractivity contribution in [3.63, 3.8) is 0 Å². The fraction of sp³-hybridized carbons (Fsp3) is 0.529. The predicted molar refractivity (Wildman–Crippen MR) is 79.8 cm³/mol. The molecule has 1 fully saturated rings. The molecule has 1 heteroatoms. The second-order valence-electron chi connectivity index (χ2n) is 6.29. The Balaban J connectivity index is 1.99. The third kappa shape index (κ3) is 3.71. The summed E-state index contributed by atoms with van der Waals surface area (Å²) in [4.78, 5) is 0. The SMILES string of the molecule is CC(C)(C)c1ccc(/C=C/C2CCCCN2)cc1. The van der Waals surface area contributed by atoms with Gasteiger partial charge in [-0.1, -0.05) is 63.6 Å². The Morgan fingerprint density at radius 3 is 2.39 bits per heavy atom. The lowest BCUT2D eigenvalue weighted by atomic mass is 9.86. The van der Waals surface area contributed by atoms with Crippen LogP contribution in [0.2, 0.25) is 0 Å². The molecule has 1 aromatic carbocycles. The Hall–Kier alpha value is -1.08. The fourth-order valence-electron chi connectivity index (χ4n) is 2.36. The van der Waals surface area contributed by atoms with Crippen LogP contribution in [0, 0.1) is 0 Å². The van der Waals surface area contributed by atoms with Gasteiger partial charge in [-0.3, -0.25) is 0 Å². The van der Waals surface area contributed by atoms with E-state index < -0.39 is 0 Å². The summed E-state index contributed by atoms with van der Waals surface area (Å²) in [7, 11) is 0. The van der Waals surface area contributed by atoms with Crippen molar-refractivity contribution in [3.8, 4) is 0 Å². The maximum Gasteiger partial charge on any atom is 0.0253 e. The Morgan fingerprint density at radius 1 is 1.11 bits per heavy atom. The second-order valence-corrected chi connectivity index (χ2v) is 6.29. The molecule has 1 N–H and O–H groups in total. The Bertz CT molecular complexity index is 389. The lowest BCUT2D eigenvalue weighted by molar-refractivity contribution is 0.455. The van der Waals surface area contributed by atoms with E-state index in [4.69, 9.17) is 0 Å². The molecule has 0 radical (unpaired) electrons. The van der Waals surface area contributed by atoms with Crippen LogP contribution in [-0.4, -0.2) is 12.6 Å². The summed E-state index contributed by atoms with van der Waals surface area (Å²) < 4.78 is 0. The first-order valence-electron chi connectivity index (χ1n) is 7.08. The van der Waals surface area contributed by atoms with Crippen LogP contribution < -0.4 is 5.32 Å². The van der Waals surface area contributed by atoms with Gasteiger partial charge in [-0.15, -0.1) is 0 Å². The van der Waals surface area contributed by atoms with E-state index in [0.717, 1.165) is 6.54 Å². The molecule has 1 unspecified atom stereocenters. The summed E-state index contributed by atoms with van der Waals surface area (Å²) >= 11 is 0. The molecule has 1 atom stereocenters. The monoisotopic (exact) mass is 243 g/mol. The van der Waals surface area contributed by atoms with Gasteiger partial charge in [0.2, 0.25) is 0 Å². The van der Waals surface area contributed by atoms with Crippen molar-refractivity contribution >= 4 is 6.08 Å². The summed E-state index contributed by atoms with van der Waals surface area (Å²) in [6.45, 7) is 7.93. The Kier molecular flexibility index (Phi) is 4.23. The average molecular weight is 243 g/mol. The highest BCUT2D eigenvalue weighted by Crippen LogP contribution is 2.22. The minimum Gasteiger partial charge on any atom is -0.311 e. The smallest absolute Gasteiger partial charge is 0.0253 e. The minimum absolute atomic E-state index is 0.243. The fourth-order valence-corrected chi connectivity index (χ4v) is 2.36. The molecular weight excluding hydrogens is 218 g/mol. The molecule has 1 saturated heterocycles. The molecule has 1 aromatic rings. The number of benzene rings is 1. The molecule has 1 aliphatic rings. The average Bonchev–Trinajstić information content (AvgIpc) is 2.37. The van der Waals surface area contributed by atoms with Gasteiger partial charge in [0.15, 0.2) is 0 Å². The van der Waals surface area contributed by atoms with Crippen LogP contribution in [0.4, 0.5) is 0 Å². The normalized spacial score (nSPS) is 21.4. The van der Waals surface area contributed by atoms with Crippen molar-refractivity contribution < 1.29 is 0 Å². The lowest BCUT2D eigenvalue weighted by Gasteiger charge is -2.20. The zero-order valence-electron chi connectivity index (χ0n) is 11.9. The van der Waals surface area contributed by atoms with E-state index in [0.29, 0.717) is 6.04 Å². The van der Waals surface area contributed by atoms with Crippen LogP contribution in [0.15, 0.2) is 30.3 Å². The van der Waals surface area contributed by atoms with Gasteiger partial charge in [0, 0.05) is 6.04 Å². The van der Waals surface area contributed by atoms with Crippen LogP contribution in [0.25, 0.3) is 6.08 Å². The molecule has 0 amide bonds. The second kappa shape index (κ2) is 5.71. The standard InChI is InChI=1S/C17H25N/c1-17(2,3)15-10-7-14(8-11-15)9-12-16-6-4-5-13-18-16/h7-12,16,18H,4-6,13H2,1-3H3/b12-9+. The summed E-state index contributed by atoms with van der Waals surface area (Å²) in [5, 5.41) is 3.54. The minimum atomic E-state index is 0.243. The van der Waals surface area contributed by atoms with Gasteiger partial charge >= 0.3 is 0 Å². The highest BCUT2D eigenvalue weighted by molar-refractivity contribution is 5.51. The van der Waals surface area contributed by atoms with Crippen molar-refractivity contribution in [2.24, 2.45) is 0 Å². The first-order valence-corrected chi connectivity index (χ1v) is 7.08. The van der Waals surface area contributed by atoms with Gasteiger partial charge in [0.1, 0.15) is 0 Å². The summed E-state index contributed by atoms with van der Waals surface area (Å²) in [5.41, 5.74) is 2.94. The lowest BCUT2D eigenvalue weighted by Crippen LogP contribution is -2.31. The van der Waals surface area contributed by atoms with Gasteiger partial charge in [0.25, 0.3) is 0 Å². The van der Waals surface area contributed by atoms with Crippen molar-refractivity contribution in [3.05, 3.63) is 41.5 Å². The third-order valence-corrected chi connectivity index (χ3v) is 3.65. The topological polar surface area (TPSA) is 12.0 Å². The summed E-state index contributed by atoms with van der Waals surface area (Å²) in [6, 6.07) is 9.50. The van der Waals surface area contributed by atoms with Crippen molar-refractivity contribution in [2.75, 3.05) is 6.54 Å². The largest absolute Gasteiger partial charge is 0.311 e. The van der Waals surface area contributed by atoms with Gasteiger partial charge in [-0.05, 0) is 35.9 Å². The predicted octanol–water partition coefficient (Wildman–Crippen LogP) is 4.14. The highest BCUT2D eigenvalue weighted by atomic mass is 14.9. The summed E-state index contributed by atoms with van der Waals surface area (Å²) in [5.74, 6) is 0. The van der Waals surface area contributed by atoms with Crippen LogP contribution in [0.3, 0.4) is 0 Å². The zero-order chi connectivity index (χ0) is 13.0. The number of rotatable bonds is 2. The van der Waals surface area contributed by atoms with Crippen LogP contribution in [0.1, 0.15) is 51.2 Å². The molecule has 1 aliphatic heterocycles. The first kappa shape index (κ1) is 13.4. The molecule has 1 nitrogen and oxygen atoms in total. The number of hydrogen-bond acceptors (Lipinski definition) is 1. The van der Waals surface area contributed by atoms with E-state index in [1.165, 1.54) is 30.4 Å². The molecule has 18 heavy (non-hydrogen) atoms. The van der Waals surface area contributed by atoms with Crippen molar-refractivity contribution in [2.45, 2.75) is 51.5 Å². The van der Waals surface area contributed by atoms with Gasteiger partial charge in [0.05, 0.1) is 0 Å². The van der Waals surface area contributed by atoms with E-state index in [1.807, 2.05) is 0 Å². The van der Waals surface area contributed by atoms with Crippen molar-refractivity contribution in [1.82, 2.24) is 5.32 Å². The van der Waals surface area contributed by atoms with E-state index in [1.54, 1.807) is 0 Å². The molecule has 2 rings (SSSR count). The van der Waals surface area contributed by atoms with Crippen LogP contribution in [0.5, 0.6) is 0 Å². The van der Waals surface area contributed by atoms with Crippen LogP contribution >= 0.6 is 0 Å². The maximum atomic E-state index is 3.54.